The molecule has 2 fully saturated rings. The number of carbonyl (C=O) groups excluding carboxylic acids is 3. The van der Waals surface area contributed by atoms with Gasteiger partial charge in [0.15, 0.2) is 0 Å². The summed E-state index contributed by atoms with van der Waals surface area (Å²) in [5.74, 6) is 1.27. The molecule has 112 valence electrons. The lowest BCUT2D eigenvalue weighted by Gasteiger charge is -2.41. The maximum Gasteiger partial charge on any atom is 0.235 e. The zero-order valence-electron chi connectivity index (χ0n) is 12.1. The number of rotatable bonds is 7. The van der Waals surface area contributed by atoms with Gasteiger partial charge in [-0.25, -0.2) is 29.4 Å². The van der Waals surface area contributed by atoms with Crippen LogP contribution >= 0.6 is 0 Å². The summed E-state index contributed by atoms with van der Waals surface area (Å²) >= 11 is 0. The van der Waals surface area contributed by atoms with Gasteiger partial charge in [-0.2, -0.15) is 0 Å². The first-order valence-corrected chi connectivity index (χ1v) is 7.29. The molecule has 21 heavy (non-hydrogen) atoms. The molecular formula is C15H19N3O3. The molecule has 2 saturated carbocycles. The van der Waals surface area contributed by atoms with Gasteiger partial charge in [0.1, 0.15) is 0 Å². The number of hydrogen-bond acceptors (Lipinski definition) is 6. The summed E-state index contributed by atoms with van der Waals surface area (Å²) in [6, 6.07) is -0.140. The summed E-state index contributed by atoms with van der Waals surface area (Å²) in [6.45, 7) is 2.78. The van der Waals surface area contributed by atoms with Gasteiger partial charge in [-0.05, 0) is 55.8 Å². The fourth-order valence-electron chi connectivity index (χ4n) is 4.63. The van der Waals surface area contributed by atoms with E-state index in [0.29, 0.717) is 37.3 Å². The Kier molecular flexibility index (Phi) is 4.98. The van der Waals surface area contributed by atoms with Gasteiger partial charge in [-0.15, -0.1) is 0 Å². The lowest BCUT2D eigenvalue weighted by atomic mass is 9.65. The largest absolute Gasteiger partial charge is 0.235 e. The lowest BCUT2D eigenvalue weighted by Crippen LogP contribution is -2.39. The van der Waals surface area contributed by atoms with Crippen LogP contribution in [-0.2, 0) is 14.4 Å². The summed E-state index contributed by atoms with van der Waals surface area (Å²) in [7, 11) is 0. The van der Waals surface area contributed by atoms with Crippen LogP contribution in [0.15, 0.2) is 15.0 Å². The first-order chi connectivity index (χ1) is 10.1. The standard InChI is InChI=1S/C15H19N3O3/c1-11(18-10-21)4-15(7-17-9-20)5-12-2-13(6-16-8-19)14(15)3-12/h11-14H,2-7H2,1H3. The van der Waals surface area contributed by atoms with Crippen molar-refractivity contribution >= 4 is 18.2 Å². The Labute approximate surface area is 123 Å². The van der Waals surface area contributed by atoms with Crippen molar-refractivity contribution in [3.8, 4) is 0 Å². The molecule has 5 unspecified atom stereocenters. The van der Waals surface area contributed by atoms with Gasteiger partial charge in [0.25, 0.3) is 0 Å². The predicted octanol–water partition coefficient (Wildman–Crippen LogP) is 1.80. The zero-order chi connectivity index (χ0) is 15.3. The van der Waals surface area contributed by atoms with E-state index in [0.717, 1.165) is 19.3 Å². The minimum Gasteiger partial charge on any atom is -0.211 e. The fraction of sp³-hybridized carbons (Fsp3) is 0.800. The van der Waals surface area contributed by atoms with Crippen molar-refractivity contribution in [1.29, 1.82) is 0 Å². The van der Waals surface area contributed by atoms with E-state index in [1.807, 2.05) is 6.92 Å². The molecule has 2 rings (SSSR count). The second kappa shape index (κ2) is 6.73. The highest BCUT2D eigenvalue weighted by Crippen LogP contribution is 2.60. The monoisotopic (exact) mass is 289 g/mol. The molecule has 0 saturated heterocycles. The molecule has 6 heteroatoms. The molecule has 0 spiro atoms. The summed E-state index contributed by atoms with van der Waals surface area (Å²) in [5, 5.41) is 0. The van der Waals surface area contributed by atoms with Crippen LogP contribution in [0.1, 0.15) is 32.6 Å². The van der Waals surface area contributed by atoms with E-state index in [-0.39, 0.29) is 11.5 Å². The van der Waals surface area contributed by atoms with Crippen molar-refractivity contribution in [3.63, 3.8) is 0 Å². The van der Waals surface area contributed by atoms with Crippen LogP contribution in [0.2, 0.25) is 0 Å². The summed E-state index contributed by atoms with van der Waals surface area (Å²) < 4.78 is 0. The van der Waals surface area contributed by atoms with E-state index < -0.39 is 0 Å². The van der Waals surface area contributed by atoms with Gasteiger partial charge < -0.3 is 0 Å². The quantitative estimate of drug-likeness (QED) is 0.529. The average Bonchev–Trinajstić information content (AvgIpc) is 3.00. The molecule has 0 amide bonds. The highest BCUT2D eigenvalue weighted by Gasteiger charge is 2.55. The minimum absolute atomic E-state index is 0.136. The van der Waals surface area contributed by atoms with E-state index in [2.05, 4.69) is 15.0 Å². The molecule has 0 N–H and O–H groups in total. The van der Waals surface area contributed by atoms with Gasteiger partial charge in [0.05, 0.1) is 19.1 Å². The van der Waals surface area contributed by atoms with E-state index >= 15 is 0 Å². The molecule has 2 bridgehead atoms. The summed E-state index contributed by atoms with van der Waals surface area (Å²) in [5.41, 5.74) is -0.136. The van der Waals surface area contributed by atoms with Gasteiger partial charge in [0.2, 0.25) is 18.2 Å². The second-order valence-corrected chi connectivity index (χ2v) is 6.38. The molecule has 0 heterocycles. The fourth-order valence-corrected chi connectivity index (χ4v) is 4.63. The molecule has 0 radical (unpaired) electrons. The van der Waals surface area contributed by atoms with Crippen molar-refractivity contribution in [2.24, 2.45) is 38.1 Å². The number of hydrogen-bond donors (Lipinski definition) is 0. The van der Waals surface area contributed by atoms with Crippen LogP contribution in [0, 0.1) is 23.2 Å². The third-order valence-corrected chi connectivity index (χ3v) is 5.10. The summed E-state index contributed by atoms with van der Waals surface area (Å²) in [6.07, 6.45) is 8.66. The molecule has 0 aromatic heterocycles. The number of nitrogens with zero attached hydrogens (tertiary/aromatic N) is 3. The molecule has 0 aromatic carbocycles. The third kappa shape index (κ3) is 3.25. The second-order valence-electron chi connectivity index (χ2n) is 6.38. The maximum atomic E-state index is 10.5. The minimum atomic E-state index is -0.140. The van der Waals surface area contributed by atoms with Crippen molar-refractivity contribution in [1.82, 2.24) is 0 Å². The summed E-state index contributed by atoms with van der Waals surface area (Å²) in [4.78, 5) is 42.6. The van der Waals surface area contributed by atoms with Crippen LogP contribution in [0.4, 0.5) is 0 Å². The Hall–Kier alpha value is -1.86. The SMILES string of the molecule is CC(CC1(CN=C=O)CC2CC(CN=C=O)C1C2)N=C=O. The predicted molar refractivity (Wildman–Crippen MR) is 74.9 cm³/mol. The third-order valence-electron chi connectivity index (χ3n) is 5.10. The van der Waals surface area contributed by atoms with Gasteiger partial charge in [0, 0.05) is 0 Å². The van der Waals surface area contributed by atoms with Crippen molar-refractivity contribution < 1.29 is 14.4 Å². The molecule has 5 atom stereocenters. The van der Waals surface area contributed by atoms with Gasteiger partial charge in [-0.3, -0.25) is 0 Å². The van der Waals surface area contributed by atoms with Crippen LogP contribution in [0.25, 0.3) is 0 Å². The first kappa shape index (κ1) is 15.5. The van der Waals surface area contributed by atoms with Crippen LogP contribution in [0.5, 0.6) is 0 Å². The van der Waals surface area contributed by atoms with E-state index in [1.54, 1.807) is 18.2 Å². The highest BCUT2D eigenvalue weighted by atomic mass is 16.1. The average molecular weight is 289 g/mol. The van der Waals surface area contributed by atoms with E-state index in [1.165, 1.54) is 0 Å². The maximum absolute atomic E-state index is 10.5. The van der Waals surface area contributed by atoms with E-state index in [4.69, 9.17) is 0 Å². The molecule has 2 aliphatic carbocycles. The molecule has 6 nitrogen and oxygen atoms in total. The number of aliphatic imine (C=N–C) groups is 3. The highest BCUT2D eigenvalue weighted by molar-refractivity contribution is 5.34. The molecular weight excluding hydrogens is 270 g/mol. The van der Waals surface area contributed by atoms with Crippen molar-refractivity contribution in [3.05, 3.63) is 0 Å². The van der Waals surface area contributed by atoms with Crippen LogP contribution in [-0.4, -0.2) is 37.4 Å². The van der Waals surface area contributed by atoms with E-state index in [9.17, 15) is 14.4 Å². The Morgan fingerprint density at radius 3 is 2.52 bits per heavy atom. The van der Waals surface area contributed by atoms with Crippen molar-refractivity contribution in [2.75, 3.05) is 13.1 Å². The normalized spacial score (nSPS) is 34.4. The first-order valence-electron chi connectivity index (χ1n) is 7.29. The topological polar surface area (TPSA) is 88.3 Å². The van der Waals surface area contributed by atoms with Crippen LogP contribution < -0.4 is 0 Å². The number of isocyanates is 3. The van der Waals surface area contributed by atoms with Crippen molar-refractivity contribution in [2.45, 2.75) is 38.6 Å². The number of fused-ring (bicyclic) bond motifs is 2. The molecule has 2 aliphatic rings. The lowest BCUT2D eigenvalue weighted by molar-refractivity contribution is 0.103. The molecule has 0 aliphatic heterocycles. The molecule has 0 aromatic rings. The van der Waals surface area contributed by atoms with Gasteiger partial charge >= 0.3 is 0 Å². The Morgan fingerprint density at radius 1 is 1.14 bits per heavy atom. The Bertz CT molecular complexity index is 530. The smallest absolute Gasteiger partial charge is 0.211 e. The zero-order valence-corrected chi connectivity index (χ0v) is 12.1. The Balaban J connectivity index is 2.21. The van der Waals surface area contributed by atoms with Gasteiger partial charge in [-0.1, -0.05) is 0 Å². The Morgan fingerprint density at radius 2 is 1.90 bits per heavy atom. The van der Waals surface area contributed by atoms with Crippen LogP contribution in [0.3, 0.4) is 0 Å².